The first kappa shape index (κ1) is 16.1. The zero-order valence-corrected chi connectivity index (χ0v) is 13.6. The zero-order chi connectivity index (χ0) is 15.8. The van der Waals surface area contributed by atoms with Crippen LogP contribution >= 0.6 is 0 Å². The molecular weight excluding hydrogens is 274 g/mol. The largest absolute Gasteiger partial charge is 0.357 e. The maximum Gasteiger partial charge on any atom is 0.191 e. The molecular formula is C17H25N5. The number of aryl methyl sites for hydroxylation is 2. The predicted molar refractivity (Wildman–Crippen MR) is 90.9 cm³/mol. The standard InChI is InChI=1S/C17H25N5/c1-4-18-17(20-13-16-10-12-21-22(16)3)19-11-9-15-7-5-14(2)6-8-15/h5-8,10,12H,4,9,11,13H2,1-3H3,(H2,18,19,20). The van der Waals surface area contributed by atoms with Crippen LogP contribution in [0.5, 0.6) is 0 Å². The first-order valence-electron chi connectivity index (χ1n) is 7.73. The summed E-state index contributed by atoms with van der Waals surface area (Å²) in [7, 11) is 1.93. The summed E-state index contributed by atoms with van der Waals surface area (Å²) in [6, 6.07) is 10.6. The van der Waals surface area contributed by atoms with Gasteiger partial charge in [0.25, 0.3) is 0 Å². The lowest BCUT2D eigenvalue weighted by Gasteiger charge is -2.11. The number of hydrogen-bond donors (Lipinski definition) is 2. The fraction of sp³-hybridized carbons (Fsp3) is 0.412. The predicted octanol–water partition coefficient (Wildman–Crippen LogP) is 2.03. The van der Waals surface area contributed by atoms with E-state index in [1.165, 1.54) is 11.1 Å². The number of nitrogens with one attached hydrogen (secondary N) is 2. The second kappa shape index (κ2) is 8.22. The molecule has 2 rings (SSSR count). The van der Waals surface area contributed by atoms with Gasteiger partial charge in [0.1, 0.15) is 0 Å². The third-order valence-corrected chi connectivity index (χ3v) is 3.49. The molecule has 0 saturated heterocycles. The Morgan fingerprint density at radius 2 is 1.95 bits per heavy atom. The molecule has 0 unspecified atom stereocenters. The van der Waals surface area contributed by atoms with Crippen LogP contribution < -0.4 is 10.6 Å². The topological polar surface area (TPSA) is 54.2 Å². The molecule has 0 bridgehead atoms. The molecule has 2 N–H and O–H groups in total. The first-order chi connectivity index (χ1) is 10.7. The minimum atomic E-state index is 0.621. The van der Waals surface area contributed by atoms with Crippen LogP contribution in [0.1, 0.15) is 23.7 Å². The second-order valence-electron chi connectivity index (χ2n) is 5.30. The Balaban J connectivity index is 1.85. The first-order valence-corrected chi connectivity index (χ1v) is 7.73. The van der Waals surface area contributed by atoms with E-state index < -0.39 is 0 Å². The Labute approximate surface area is 132 Å². The van der Waals surface area contributed by atoms with Crippen molar-refractivity contribution >= 4 is 5.96 Å². The zero-order valence-electron chi connectivity index (χ0n) is 13.6. The number of aliphatic imine (C=N–C) groups is 1. The van der Waals surface area contributed by atoms with Gasteiger partial charge in [0, 0.05) is 26.3 Å². The van der Waals surface area contributed by atoms with Crippen molar-refractivity contribution in [2.75, 3.05) is 13.1 Å². The molecule has 2 aromatic rings. The lowest BCUT2D eigenvalue weighted by atomic mass is 10.1. The fourth-order valence-corrected chi connectivity index (χ4v) is 2.14. The van der Waals surface area contributed by atoms with Gasteiger partial charge in [-0.15, -0.1) is 0 Å². The summed E-state index contributed by atoms with van der Waals surface area (Å²) in [5.41, 5.74) is 3.72. The van der Waals surface area contributed by atoms with Crippen molar-refractivity contribution in [1.82, 2.24) is 20.4 Å². The van der Waals surface area contributed by atoms with Crippen molar-refractivity contribution in [2.45, 2.75) is 26.8 Å². The summed E-state index contributed by atoms with van der Waals surface area (Å²) in [5, 5.41) is 10.8. The maximum atomic E-state index is 4.60. The van der Waals surface area contributed by atoms with E-state index in [4.69, 9.17) is 0 Å². The number of nitrogens with zero attached hydrogens (tertiary/aromatic N) is 3. The van der Waals surface area contributed by atoms with Crippen molar-refractivity contribution in [3.05, 3.63) is 53.3 Å². The molecule has 22 heavy (non-hydrogen) atoms. The van der Waals surface area contributed by atoms with Gasteiger partial charge in [-0.3, -0.25) is 4.68 Å². The maximum absolute atomic E-state index is 4.60. The molecule has 0 atom stereocenters. The molecule has 0 radical (unpaired) electrons. The van der Waals surface area contributed by atoms with E-state index in [2.05, 4.69) is 58.8 Å². The van der Waals surface area contributed by atoms with Gasteiger partial charge in [-0.2, -0.15) is 5.10 Å². The number of benzene rings is 1. The van der Waals surface area contributed by atoms with Crippen LogP contribution in [0.15, 0.2) is 41.5 Å². The van der Waals surface area contributed by atoms with Crippen LogP contribution in [0.2, 0.25) is 0 Å². The summed E-state index contributed by atoms with van der Waals surface area (Å²) in [6.45, 7) is 6.51. The van der Waals surface area contributed by atoms with E-state index in [0.717, 1.165) is 31.2 Å². The Bertz CT molecular complexity index is 598. The fourth-order valence-electron chi connectivity index (χ4n) is 2.14. The van der Waals surface area contributed by atoms with Gasteiger partial charge in [0.2, 0.25) is 0 Å². The second-order valence-corrected chi connectivity index (χ2v) is 5.30. The highest BCUT2D eigenvalue weighted by atomic mass is 15.3. The smallest absolute Gasteiger partial charge is 0.191 e. The normalized spacial score (nSPS) is 11.5. The lowest BCUT2D eigenvalue weighted by molar-refractivity contribution is 0.707. The van der Waals surface area contributed by atoms with Gasteiger partial charge in [-0.25, -0.2) is 4.99 Å². The van der Waals surface area contributed by atoms with Gasteiger partial charge in [-0.05, 0) is 31.9 Å². The summed E-state index contributed by atoms with van der Waals surface area (Å²) in [5.74, 6) is 0.843. The molecule has 118 valence electrons. The van der Waals surface area contributed by atoms with Crippen molar-refractivity contribution in [3.63, 3.8) is 0 Å². The minimum absolute atomic E-state index is 0.621. The SMILES string of the molecule is CCNC(=NCc1ccnn1C)NCCc1ccc(C)cc1. The molecule has 0 aliphatic heterocycles. The molecule has 1 aromatic heterocycles. The molecule has 0 fully saturated rings. The summed E-state index contributed by atoms with van der Waals surface area (Å²) < 4.78 is 1.85. The van der Waals surface area contributed by atoms with E-state index in [9.17, 15) is 0 Å². The molecule has 0 aliphatic rings. The van der Waals surface area contributed by atoms with Crippen LogP contribution in [0.25, 0.3) is 0 Å². The van der Waals surface area contributed by atoms with Crippen molar-refractivity contribution in [3.8, 4) is 0 Å². The van der Waals surface area contributed by atoms with Gasteiger partial charge in [0.15, 0.2) is 5.96 Å². The van der Waals surface area contributed by atoms with Crippen molar-refractivity contribution < 1.29 is 0 Å². The average Bonchev–Trinajstić information content (AvgIpc) is 2.92. The van der Waals surface area contributed by atoms with Gasteiger partial charge in [0.05, 0.1) is 12.2 Å². The highest BCUT2D eigenvalue weighted by Crippen LogP contribution is 2.03. The van der Waals surface area contributed by atoms with Crippen LogP contribution in [0.3, 0.4) is 0 Å². The number of hydrogen-bond acceptors (Lipinski definition) is 2. The highest BCUT2D eigenvalue weighted by Gasteiger charge is 2.00. The van der Waals surface area contributed by atoms with Gasteiger partial charge >= 0.3 is 0 Å². The van der Waals surface area contributed by atoms with Crippen molar-refractivity contribution in [2.24, 2.45) is 12.0 Å². The van der Waals surface area contributed by atoms with Gasteiger partial charge < -0.3 is 10.6 Å². The molecule has 0 saturated carbocycles. The molecule has 1 aromatic carbocycles. The lowest BCUT2D eigenvalue weighted by Crippen LogP contribution is -2.38. The average molecular weight is 299 g/mol. The Hall–Kier alpha value is -2.30. The summed E-state index contributed by atoms with van der Waals surface area (Å²) >= 11 is 0. The van der Waals surface area contributed by atoms with Crippen LogP contribution in [0.4, 0.5) is 0 Å². The Morgan fingerprint density at radius 1 is 1.18 bits per heavy atom. The molecule has 0 spiro atoms. The number of guanidine groups is 1. The van der Waals surface area contributed by atoms with E-state index in [1.807, 2.05) is 17.8 Å². The van der Waals surface area contributed by atoms with Crippen LogP contribution in [-0.2, 0) is 20.0 Å². The number of aromatic nitrogens is 2. The third-order valence-electron chi connectivity index (χ3n) is 3.49. The summed E-state index contributed by atoms with van der Waals surface area (Å²) in [6.07, 6.45) is 2.78. The molecule has 5 nitrogen and oxygen atoms in total. The Morgan fingerprint density at radius 3 is 2.59 bits per heavy atom. The third kappa shape index (κ3) is 4.91. The monoisotopic (exact) mass is 299 g/mol. The Kier molecular flexibility index (Phi) is 6.01. The molecule has 0 aliphatic carbocycles. The van der Waals surface area contributed by atoms with Crippen LogP contribution in [-0.4, -0.2) is 28.8 Å². The van der Waals surface area contributed by atoms with E-state index in [-0.39, 0.29) is 0 Å². The molecule has 0 amide bonds. The van der Waals surface area contributed by atoms with Crippen molar-refractivity contribution in [1.29, 1.82) is 0 Å². The number of rotatable bonds is 6. The van der Waals surface area contributed by atoms with Crippen LogP contribution in [0, 0.1) is 6.92 Å². The van der Waals surface area contributed by atoms with E-state index >= 15 is 0 Å². The summed E-state index contributed by atoms with van der Waals surface area (Å²) in [4.78, 5) is 4.60. The quantitative estimate of drug-likeness (QED) is 0.634. The highest BCUT2D eigenvalue weighted by molar-refractivity contribution is 5.79. The van der Waals surface area contributed by atoms with Gasteiger partial charge in [-0.1, -0.05) is 29.8 Å². The van der Waals surface area contributed by atoms with E-state index in [1.54, 1.807) is 6.20 Å². The molecule has 5 heteroatoms. The molecule has 1 heterocycles. The minimum Gasteiger partial charge on any atom is -0.357 e. The van der Waals surface area contributed by atoms with E-state index in [0.29, 0.717) is 6.54 Å².